The van der Waals surface area contributed by atoms with Crippen molar-refractivity contribution in [3.8, 4) is 11.1 Å². The zero-order chi connectivity index (χ0) is 21.0. The fourth-order valence-corrected chi connectivity index (χ4v) is 2.47. The summed E-state index contributed by atoms with van der Waals surface area (Å²) in [5, 5.41) is 2.54. The average molecular weight is 396 g/mol. The first-order chi connectivity index (χ1) is 12.8. The third-order valence-corrected chi connectivity index (χ3v) is 3.36. The summed E-state index contributed by atoms with van der Waals surface area (Å²) in [7, 11) is 3.95. The largest absolute Gasteiger partial charge is 0.351 e. The monoisotopic (exact) mass is 395 g/mol. The van der Waals surface area contributed by atoms with Crippen LogP contribution in [0.1, 0.15) is 39.7 Å². The molecule has 0 atom stereocenters. The Bertz CT molecular complexity index is 721. The number of rotatable bonds is 4. The van der Waals surface area contributed by atoms with Gasteiger partial charge in [0, 0.05) is 12.1 Å². The van der Waals surface area contributed by atoms with Crippen LogP contribution in [0.5, 0.6) is 0 Å². The van der Waals surface area contributed by atoms with Gasteiger partial charge in [0.15, 0.2) is 0 Å². The van der Waals surface area contributed by atoms with Crippen LogP contribution in [-0.4, -0.2) is 25.0 Å². The van der Waals surface area contributed by atoms with E-state index in [1.165, 1.54) is 18.6 Å². The zero-order valence-corrected chi connectivity index (χ0v) is 17.8. The normalized spacial score (nSPS) is 9.67. The van der Waals surface area contributed by atoms with Crippen LogP contribution in [0.25, 0.3) is 11.1 Å². The summed E-state index contributed by atoms with van der Waals surface area (Å²) in [6.45, 7) is 9.02. The smallest absolute Gasteiger partial charge is 0.316 e. The van der Waals surface area contributed by atoms with E-state index in [1.807, 2.05) is 57.1 Å². The highest BCUT2D eigenvalue weighted by molar-refractivity contribution is 6.33. The van der Waals surface area contributed by atoms with Crippen molar-refractivity contribution >= 4 is 23.3 Å². The van der Waals surface area contributed by atoms with Gasteiger partial charge in [-0.25, -0.2) is 9.18 Å². The molecule has 0 heterocycles. The number of nitrogens with one attached hydrogen (secondary N) is 1. The molecule has 2 amide bonds. The number of nitrogens with zero attached hydrogens (tertiary/aromatic N) is 1. The molecule has 6 heteroatoms. The minimum absolute atomic E-state index is 0.0364. The van der Waals surface area contributed by atoms with E-state index in [9.17, 15) is 9.18 Å². The maximum atomic E-state index is 14.0. The molecule has 0 radical (unpaired) electrons. The Morgan fingerprint density at radius 3 is 2.30 bits per heavy atom. The molecule has 0 saturated heterocycles. The second-order valence-electron chi connectivity index (χ2n) is 5.95. The van der Waals surface area contributed by atoms with Crippen LogP contribution < -0.4 is 11.1 Å². The molecule has 0 spiro atoms. The van der Waals surface area contributed by atoms with Gasteiger partial charge in [-0.15, -0.1) is 0 Å². The molecule has 0 unspecified atom stereocenters. The lowest BCUT2D eigenvalue weighted by Crippen LogP contribution is -2.20. The lowest BCUT2D eigenvalue weighted by Gasteiger charge is -2.13. The van der Waals surface area contributed by atoms with E-state index in [-0.39, 0.29) is 5.69 Å². The third kappa shape index (κ3) is 8.89. The molecule has 0 bridgehead atoms. The highest BCUT2D eigenvalue weighted by atomic mass is 35.5. The molecule has 0 aromatic heterocycles. The predicted octanol–water partition coefficient (Wildman–Crippen LogP) is 6.14. The van der Waals surface area contributed by atoms with Gasteiger partial charge in [-0.2, -0.15) is 0 Å². The summed E-state index contributed by atoms with van der Waals surface area (Å²) in [4.78, 5) is 12.9. The topological polar surface area (TPSA) is 58.4 Å². The number of carbonyl (C=O) groups is 1. The van der Waals surface area contributed by atoms with Crippen LogP contribution in [-0.2, 0) is 6.54 Å². The number of anilines is 1. The van der Waals surface area contributed by atoms with Gasteiger partial charge in [0.1, 0.15) is 5.82 Å². The number of urea groups is 1. The maximum absolute atomic E-state index is 14.0. The van der Waals surface area contributed by atoms with Gasteiger partial charge in [-0.05, 0) is 43.4 Å². The minimum Gasteiger partial charge on any atom is -0.351 e. The highest BCUT2D eigenvalue weighted by Gasteiger charge is 2.12. The molecule has 27 heavy (non-hydrogen) atoms. The van der Waals surface area contributed by atoms with Crippen LogP contribution in [0.2, 0.25) is 5.02 Å². The molecule has 2 aromatic rings. The molecule has 3 N–H and O–H groups in total. The van der Waals surface area contributed by atoms with Crippen LogP contribution in [0.3, 0.4) is 0 Å². The van der Waals surface area contributed by atoms with Crippen LogP contribution in [0, 0.1) is 5.82 Å². The summed E-state index contributed by atoms with van der Waals surface area (Å²) in [5.41, 5.74) is 7.43. The highest BCUT2D eigenvalue weighted by Crippen LogP contribution is 2.33. The van der Waals surface area contributed by atoms with Crippen molar-refractivity contribution < 1.29 is 9.18 Å². The fraction of sp³-hybridized carbons (Fsp3) is 0.381. The number of primary amides is 1. The molecule has 2 rings (SSSR count). The first kappa shape index (κ1) is 24.9. The summed E-state index contributed by atoms with van der Waals surface area (Å²) < 4.78 is 14.0. The Labute approximate surface area is 167 Å². The molecule has 0 aliphatic heterocycles. The molecule has 150 valence electrons. The molecular weight excluding hydrogens is 365 g/mol. The number of benzene rings is 2. The summed E-state index contributed by atoms with van der Waals surface area (Å²) in [6, 6.07) is 9.53. The summed E-state index contributed by atoms with van der Waals surface area (Å²) >= 11 is 6.21. The molecule has 0 saturated carbocycles. The van der Waals surface area contributed by atoms with Gasteiger partial charge >= 0.3 is 6.03 Å². The second-order valence-corrected chi connectivity index (χ2v) is 6.35. The van der Waals surface area contributed by atoms with Crippen molar-refractivity contribution in [2.45, 2.75) is 40.7 Å². The molecule has 0 aliphatic rings. The minimum atomic E-state index is -0.837. The van der Waals surface area contributed by atoms with Crippen molar-refractivity contribution in [1.82, 2.24) is 4.90 Å². The van der Waals surface area contributed by atoms with E-state index < -0.39 is 11.8 Å². The number of hydrogen-bond donors (Lipinski definition) is 2. The molecule has 0 fully saturated rings. The van der Waals surface area contributed by atoms with Gasteiger partial charge in [0.25, 0.3) is 0 Å². The van der Waals surface area contributed by atoms with Crippen LogP contribution in [0.15, 0.2) is 36.4 Å². The zero-order valence-electron chi connectivity index (χ0n) is 17.1. The number of halogens is 2. The van der Waals surface area contributed by atoms with E-state index in [4.69, 9.17) is 17.3 Å². The number of carbonyl (C=O) groups excluding carboxylic acids is 1. The van der Waals surface area contributed by atoms with E-state index in [0.717, 1.165) is 17.7 Å². The molecular formula is C21H31ClFN3O. The standard InChI is InChI=1S/C16H17ClFN3O.C3H8.C2H6/c1-21(2)9-10-4-3-5-11(6-10)12-7-14(18)15(8-13(12)17)20-16(19)22;1-3-2;1-2/h3-8H,9H2,1-2H3,(H3,19,20,22);3H2,1-2H3;1-2H3. The lowest BCUT2D eigenvalue weighted by atomic mass is 10.0. The van der Waals surface area contributed by atoms with Crippen molar-refractivity contribution in [2.75, 3.05) is 19.4 Å². The Hall–Kier alpha value is -2.11. The second kappa shape index (κ2) is 13.1. The van der Waals surface area contributed by atoms with Gasteiger partial charge in [-0.3, -0.25) is 0 Å². The Morgan fingerprint density at radius 2 is 1.78 bits per heavy atom. The van der Waals surface area contributed by atoms with Crippen molar-refractivity contribution in [2.24, 2.45) is 5.73 Å². The van der Waals surface area contributed by atoms with Gasteiger partial charge in [0.2, 0.25) is 0 Å². The third-order valence-electron chi connectivity index (χ3n) is 3.05. The number of hydrogen-bond acceptors (Lipinski definition) is 2. The van der Waals surface area contributed by atoms with E-state index in [2.05, 4.69) is 19.2 Å². The van der Waals surface area contributed by atoms with Crippen molar-refractivity contribution in [3.05, 3.63) is 52.8 Å². The van der Waals surface area contributed by atoms with E-state index in [1.54, 1.807) is 0 Å². The quantitative estimate of drug-likeness (QED) is 0.653. The fourth-order valence-electron chi connectivity index (χ4n) is 2.20. The van der Waals surface area contributed by atoms with Gasteiger partial charge in [0.05, 0.1) is 10.7 Å². The lowest BCUT2D eigenvalue weighted by molar-refractivity contribution is 0.259. The first-order valence-corrected chi connectivity index (χ1v) is 9.45. The molecule has 4 nitrogen and oxygen atoms in total. The van der Waals surface area contributed by atoms with Gasteiger partial charge in [-0.1, -0.05) is 63.9 Å². The number of nitrogens with two attached hydrogens (primary N) is 1. The summed E-state index contributed by atoms with van der Waals surface area (Å²) in [5.74, 6) is -0.587. The SMILES string of the molecule is CC.CCC.CN(C)Cc1cccc(-c2cc(F)c(NC(N)=O)cc2Cl)c1. The van der Waals surface area contributed by atoms with Crippen LogP contribution in [0.4, 0.5) is 14.9 Å². The molecule has 0 aliphatic carbocycles. The first-order valence-electron chi connectivity index (χ1n) is 9.08. The Kier molecular flexibility index (Phi) is 12.1. The van der Waals surface area contributed by atoms with Crippen LogP contribution >= 0.6 is 11.6 Å². The van der Waals surface area contributed by atoms with Gasteiger partial charge < -0.3 is 16.0 Å². The predicted molar refractivity (Wildman–Crippen MR) is 115 cm³/mol. The van der Waals surface area contributed by atoms with Crippen molar-refractivity contribution in [1.29, 1.82) is 0 Å². The maximum Gasteiger partial charge on any atom is 0.316 e. The number of amides is 2. The Morgan fingerprint density at radius 1 is 1.19 bits per heavy atom. The van der Waals surface area contributed by atoms with Crippen molar-refractivity contribution in [3.63, 3.8) is 0 Å². The van der Waals surface area contributed by atoms with E-state index >= 15 is 0 Å². The average Bonchev–Trinajstić information content (AvgIpc) is 2.59. The Balaban J connectivity index is 0.00000123. The molecule has 2 aromatic carbocycles. The summed E-state index contributed by atoms with van der Waals surface area (Å²) in [6.07, 6.45) is 1.25. The van der Waals surface area contributed by atoms with E-state index in [0.29, 0.717) is 10.6 Å².